The van der Waals surface area contributed by atoms with Gasteiger partial charge in [0, 0.05) is 24.8 Å². The molecule has 0 N–H and O–H groups in total. The van der Waals surface area contributed by atoms with Crippen LogP contribution >= 0.6 is 0 Å². The van der Waals surface area contributed by atoms with Gasteiger partial charge in [0.2, 0.25) is 0 Å². The Kier molecular flexibility index (Phi) is 3.64. The van der Waals surface area contributed by atoms with Crippen LogP contribution in [0.3, 0.4) is 0 Å². The van der Waals surface area contributed by atoms with Gasteiger partial charge in [0.15, 0.2) is 0 Å². The van der Waals surface area contributed by atoms with Crippen LogP contribution in [0, 0.1) is 21.4 Å². The van der Waals surface area contributed by atoms with Crippen LogP contribution in [0.25, 0.3) is 0 Å². The minimum absolute atomic E-state index is 0.0690. The molecule has 0 amide bonds. The van der Waals surface area contributed by atoms with Gasteiger partial charge in [0.1, 0.15) is 11.6 Å². The van der Waals surface area contributed by atoms with E-state index in [-0.39, 0.29) is 23.0 Å². The molecule has 106 valence electrons. The predicted molar refractivity (Wildman–Crippen MR) is 74.7 cm³/mol. The monoisotopic (exact) mass is 275 g/mol. The summed E-state index contributed by atoms with van der Waals surface area (Å²) >= 11 is 0. The van der Waals surface area contributed by atoms with Crippen LogP contribution in [0.15, 0.2) is 18.2 Å². The van der Waals surface area contributed by atoms with Gasteiger partial charge in [-0.05, 0) is 32.9 Å². The largest absolute Gasteiger partial charge is 0.369 e. The fourth-order valence-corrected chi connectivity index (χ4v) is 2.62. The minimum Gasteiger partial charge on any atom is -0.369 e. The summed E-state index contributed by atoms with van der Waals surface area (Å²) in [6.07, 6.45) is 0.0690. The Morgan fingerprint density at radius 3 is 2.80 bits per heavy atom. The fourth-order valence-electron chi connectivity index (χ4n) is 2.62. The van der Waals surface area contributed by atoms with Crippen molar-refractivity contribution in [2.24, 2.45) is 0 Å². The van der Waals surface area contributed by atoms with Crippen LogP contribution in [-0.2, 0) is 4.74 Å². The molecule has 20 heavy (non-hydrogen) atoms. The van der Waals surface area contributed by atoms with E-state index < -0.39 is 4.92 Å². The minimum atomic E-state index is -0.534. The van der Waals surface area contributed by atoms with Crippen molar-refractivity contribution in [2.75, 3.05) is 18.0 Å². The second kappa shape index (κ2) is 5.10. The predicted octanol–water partition coefficient (Wildman–Crippen LogP) is 2.47. The Morgan fingerprint density at radius 2 is 2.25 bits per heavy atom. The van der Waals surface area contributed by atoms with Gasteiger partial charge in [-0.25, -0.2) is 0 Å². The molecule has 1 heterocycles. The molecule has 1 saturated heterocycles. The zero-order valence-electron chi connectivity index (χ0n) is 11.8. The molecule has 0 spiro atoms. The summed E-state index contributed by atoms with van der Waals surface area (Å²) in [7, 11) is 0. The summed E-state index contributed by atoms with van der Waals surface area (Å²) in [4.78, 5) is 12.4. The van der Waals surface area contributed by atoms with E-state index in [1.807, 2.05) is 26.8 Å². The lowest BCUT2D eigenvalue weighted by Crippen LogP contribution is -2.52. The molecule has 6 heteroatoms. The van der Waals surface area contributed by atoms with E-state index in [9.17, 15) is 10.1 Å². The molecule has 1 atom stereocenters. The highest BCUT2D eigenvalue weighted by Gasteiger charge is 2.31. The van der Waals surface area contributed by atoms with Crippen LogP contribution in [0.5, 0.6) is 0 Å². The number of morpholine rings is 1. The van der Waals surface area contributed by atoms with Crippen molar-refractivity contribution in [3.05, 3.63) is 33.9 Å². The van der Waals surface area contributed by atoms with E-state index >= 15 is 0 Å². The first-order valence-corrected chi connectivity index (χ1v) is 6.44. The number of nitrogens with zero attached hydrogens (tertiary/aromatic N) is 3. The standard InChI is InChI=1S/C14H17N3O3/c1-10-8-16(9-14(2,3)20-10)12-4-5-13(17(18)19)11(6-12)7-15/h4-6,10H,8-9H2,1-3H3. The Labute approximate surface area is 117 Å². The Hall–Kier alpha value is -2.13. The highest BCUT2D eigenvalue weighted by Crippen LogP contribution is 2.29. The lowest BCUT2D eigenvalue weighted by molar-refractivity contribution is -0.385. The van der Waals surface area contributed by atoms with E-state index in [4.69, 9.17) is 10.00 Å². The van der Waals surface area contributed by atoms with Gasteiger partial charge in [0.05, 0.1) is 16.6 Å². The molecular weight excluding hydrogens is 258 g/mol. The number of ether oxygens (including phenoxy) is 1. The maximum Gasteiger partial charge on any atom is 0.287 e. The highest BCUT2D eigenvalue weighted by molar-refractivity contribution is 5.60. The van der Waals surface area contributed by atoms with Crippen LogP contribution in [0.2, 0.25) is 0 Å². The highest BCUT2D eigenvalue weighted by atomic mass is 16.6. The third kappa shape index (κ3) is 2.89. The fraction of sp³-hybridized carbons (Fsp3) is 0.500. The number of benzene rings is 1. The van der Waals surface area contributed by atoms with E-state index in [0.29, 0.717) is 13.1 Å². The smallest absolute Gasteiger partial charge is 0.287 e. The molecule has 0 saturated carbocycles. The average Bonchev–Trinajstić information content (AvgIpc) is 2.35. The normalized spacial score (nSPS) is 21.3. The first kappa shape index (κ1) is 14.3. The molecule has 1 aliphatic rings. The molecular formula is C14H17N3O3. The molecule has 2 rings (SSSR count). The van der Waals surface area contributed by atoms with Gasteiger partial charge in [-0.1, -0.05) is 0 Å². The molecule has 1 aliphatic heterocycles. The van der Waals surface area contributed by atoms with E-state index in [1.165, 1.54) is 6.07 Å². The maximum atomic E-state index is 10.8. The second-order valence-corrected chi connectivity index (χ2v) is 5.64. The maximum absolute atomic E-state index is 10.8. The summed E-state index contributed by atoms with van der Waals surface area (Å²) in [6, 6.07) is 6.54. The zero-order valence-corrected chi connectivity index (χ0v) is 11.8. The van der Waals surface area contributed by atoms with Crippen molar-refractivity contribution in [1.29, 1.82) is 5.26 Å². The molecule has 0 radical (unpaired) electrons. The van der Waals surface area contributed by atoms with Crippen LogP contribution < -0.4 is 4.90 Å². The quantitative estimate of drug-likeness (QED) is 0.612. The Balaban J connectivity index is 2.34. The van der Waals surface area contributed by atoms with Crippen molar-refractivity contribution in [3.8, 4) is 6.07 Å². The van der Waals surface area contributed by atoms with E-state index in [2.05, 4.69) is 4.90 Å². The Morgan fingerprint density at radius 1 is 1.55 bits per heavy atom. The molecule has 6 nitrogen and oxygen atoms in total. The number of nitro groups is 1. The molecule has 0 aromatic heterocycles. The van der Waals surface area contributed by atoms with Crippen molar-refractivity contribution >= 4 is 11.4 Å². The van der Waals surface area contributed by atoms with Crippen molar-refractivity contribution < 1.29 is 9.66 Å². The van der Waals surface area contributed by atoms with Crippen molar-refractivity contribution in [3.63, 3.8) is 0 Å². The van der Waals surface area contributed by atoms with E-state index in [1.54, 1.807) is 12.1 Å². The van der Waals surface area contributed by atoms with Crippen LogP contribution in [0.1, 0.15) is 26.3 Å². The number of nitriles is 1. The number of nitro benzene ring substituents is 1. The van der Waals surface area contributed by atoms with Gasteiger partial charge in [0.25, 0.3) is 5.69 Å². The topological polar surface area (TPSA) is 79.4 Å². The SMILES string of the molecule is CC1CN(c2ccc([N+](=O)[O-])c(C#N)c2)CC(C)(C)O1. The van der Waals surface area contributed by atoms with Crippen molar-refractivity contribution in [1.82, 2.24) is 0 Å². The number of hydrogen-bond acceptors (Lipinski definition) is 5. The molecule has 0 aliphatic carbocycles. The first-order valence-electron chi connectivity index (χ1n) is 6.44. The third-order valence-corrected chi connectivity index (χ3v) is 3.23. The van der Waals surface area contributed by atoms with Gasteiger partial charge in [-0.3, -0.25) is 10.1 Å². The molecule has 0 bridgehead atoms. The van der Waals surface area contributed by atoms with Crippen LogP contribution in [-0.4, -0.2) is 29.7 Å². The second-order valence-electron chi connectivity index (χ2n) is 5.64. The summed E-state index contributed by atoms with van der Waals surface area (Å²) in [5, 5.41) is 19.9. The first-order chi connectivity index (χ1) is 9.32. The third-order valence-electron chi connectivity index (χ3n) is 3.23. The Bertz CT molecular complexity index is 578. The number of hydrogen-bond donors (Lipinski definition) is 0. The van der Waals surface area contributed by atoms with Gasteiger partial charge in [-0.2, -0.15) is 5.26 Å². The number of rotatable bonds is 2. The summed E-state index contributed by atoms with van der Waals surface area (Å²) in [5.41, 5.74) is 0.461. The van der Waals surface area contributed by atoms with Gasteiger partial charge >= 0.3 is 0 Å². The average molecular weight is 275 g/mol. The molecule has 1 fully saturated rings. The summed E-state index contributed by atoms with van der Waals surface area (Å²) < 4.78 is 5.83. The number of anilines is 1. The molecule has 1 unspecified atom stereocenters. The van der Waals surface area contributed by atoms with E-state index in [0.717, 1.165) is 5.69 Å². The van der Waals surface area contributed by atoms with Gasteiger partial charge < -0.3 is 9.64 Å². The lowest BCUT2D eigenvalue weighted by atomic mass is 10.0. The molecule has 1 aromatic rings. The summed E-state index contributed by atoms with van der Waals surface area (Å²) in [5.74, 6) is 0. The zero-order chi connectivity index (χ0) is 14.9. The lowest BCUT2D eigenvalue weighted by Gasteiger charge is -2.42. The van der Waals surface area contributed by atoms with Crippen LogP contribution in [0.4, 0.5) is 11.4 Å². The van der Waals surface area contributed by atoms with Gasteiger partial charge in [-0.15, -0.1) is 0 Å². The molecule has 1 aromatic carbocycles. The van der Waals surface area contributed by atoms with Crippen molar-refractivity contribution in [2.45, 2.75) is 32.5 Å². The summed E-state index contributed by atoms with van der Waals surface area (Å²) in [6.45, 7) is 7.38.